The summed E-state index contributed by atoms with van der Waals surface area (Å²) in [5.74, 6) is 0. The normalized spacial score (nSPS) is 14.0. The summed E-state index contributed by atoms with van der Waals surface area (Å²) < 4.78 is 25.4. The van der Waals surface area contributed by atoms with Crippen molar-refractivity contribution in [3.63, 3.8) is 0 Å². The minimum absolute atomic E-state index is 0.103. The molecule has 1 atom stereocenters. The molecule has 3 nitrogen and oxygen atoms in total. The van der Waals surface area contributed by atoms with Crippen LogP contribution in [0.25, 0.3) is 0 Å². The van der Waals surface area contributed by atoms with E-state index in [1.165, 1.54) is 29.6 Å². The summed E-state index contributed by atoms with van der Waals surface area (Å²) >= 11 is 17.3. The fourth-order valence-electron chi connectivity index (χ4n) is 1.27. The standard InChI is InChI=1S/C10H12Cl3NO2S/c1-7(11)6-14(2)17(15,16)8-3-4-9(12)10(13)5-8/h3-5,7H,6H2,1-2H3. The lowest BCUT2D eigenvalue weighted by Gasteiger charge is -2.18. The van der Waals surface area contributed by atoms with Gasteiger partial charge in [-0.1, -0.05) is 23.2 Å². The van der Waals surface area contributed by atoms with Crippen LogP contribution < -0.4 is 0 Å². The second kappa shape index (κ2) is 5.76. The summed E-state index contributed by atoms with van der Waals surface area (Å²) in [5.41, 5.74) is 0. The van der Waals surface area contributed by atoms with Crippen LogP contribution in [0.5, 0.6) is 0 Å². The number of hydrogen-bond acceptors (Lipinski definition) is 2. The largest absolute Gasteiger partial charge is 0.242 e. The molecule has 0 fully saturated rings. The maximum absolute atomic E-state index is 12.1. The number of benzene rings is 1. The van der Waals surface area contributed by atoms with E-state index in [9.17, 15) is 8.42 Å². The van der Waals surface area contributed by atoms with E-state index in [2.05, 4.69) is 0 Å². The quantitative estimate of drug-likeness (QED) is 0.800. The van der Waals surface area contributed by atoms with Crippen molar-refractivity contribution in [2.75, 3.05) is 13.6 Å². The Morgan fingerprint density at radius 3 is 2.35 bits per heavy atom. The average molecular weight is 317 g/mol. The van der Waals surface area contributed by atoms with Crippen molar-refractivity contribution in [1.82, 2.24) is 4.31 Å². The van der Waals surface area contributed by atoms with Crippen molar-refractivity contribution >= 4 is 44.8 Å². The van der Waals surface area contributed by atoms with Crippen LogP contribution in [0.1, 0.15) is 6.92 Å². The molecule has 0 amide bonds. The predicted octanol–water partition coefficient (Wildman–Crippen LogP) is 3.24. The molecule has 0 aliphatic rings. The number of hydrogen-bond donors (Lipinski definition) is 0. The molecule has 1 aromatic rings. The van der Waals surface area contributed by atoms with Crippen molar-refractivity contribution in [3.05, 3.63) is 28.2 Å². The van der Waals surface area contributed by atoms with E-state index in [-0.39, 0.29) is 21.8 Å². The molecule has 0 aliphatic heterocycles. The molecule has 0 bridgehead atoms. The summed E-state index contributed by atoms with van der Waals surface area (Å²) in [6.07, 6.45) is 0. The smallest absolute Gasteiger partial charge is 0.207 e. The zero-order chi connectivity index (χ0) is 13.2. The lowest BCUT2D eigenvalue weighted by molar-refractivity contribution is 0.470. The van der Waals surface area contributed by atoms with Crippen molar-refractivity contribution in [3.8, 4) is 0 Å². The molecule has 96 valence electrons. The zero-order valence-electron chi connectivity index (χ0n) is 9.32. The monoisotopic (exact) mass is 315 g/mol. The van der Waals surface area contributed by atoms with Gasteiger partial charge in [-0.15, -0.1) is 11.6 Å². The molecule has 0 spiro atoms. The van der Waals surface area contributed by atoms with Crippen LogP contribution >= 0.6 is 34.8 Å². The fraction of sp³-hybridized carbons (Fsp3) is 0.400. The summed E-state index contributed by atoms with van der Waals surface area (Å²) in [4.78, 5) is 0.103. The SMILES string of the molecule is CC(Cl)CN(C)S(=O)(=O)c1ccc(Cl)c(Cl)c1. The van der Waals surface area contributed by atoms with E-state index in [1.54, 1.807) is 6.92 Å². The summed E-state index contributed by atoms with van der Waals surface area (Å²) in [6.45, 7) is 1.95. The van der Waals surface area contributed by atoms with Crippen LogP contribution in [0.2, 0.25) is 10.0 Å². The number of sulfonamides is 1. The van der Waals surface area contributed by atoms with Gasteiger partial charge in [0.25, 0.3) is 0 Å². The Kier molecular flexibility index (Phi) is 5.10. The highest BCUT2D eigenvalue weighted by Crippen LogP contribution is 2.26. The van der Waals surface area contributed by atoms with E-state index in [0.29, 0.717) is 5.02 Å². The second-order valence-electron chi connectivity index (χ2n) is 3.64. The van der Waals surface area contributed by atoms with Crippen molar-refractivity contribution < 1.29 is 8.42 Å². The summed E-state index contributed by atoms with van der Waals surface area (Å²) in [5, 5.41) is 0.261. The number of halogens is 3. The summed E-state index contributed by atoms with van der Waals surface area (Å²) in [7, 11) is -2.10. The highest BCUT2D eigenvalue weighted by molar-refractivity contribution is 7.89. The molecule has 1 rings (SSSR count). The molecule has 17 heavy (non-hydrogen) atoms. The fourth-order valence-corrected chi connectivity index (χ4v) is 3.21. The van der Waals surface area contributed by atoms with Crippen LogP contribution in [0.3, 0.4) is 0 Å². The van der Waals surface area contributed by atoms with Gasteiger partial charge in [0.2, 0.25) is 10.0 Å². The second-order valence-corrected chi connectivity index (χ2v) is 7.25. The molecule has 0 aliphatic carbocycles. The van der Waals surface area contributed by atoms with E-state index < -0.39 is 10.0 Å². The molecule has 1 unspecified atom stereocenters. The van der Waals surface area contributed by atoms with Gasteiger partial charge in [0.1, 0.15) is 0 Å². The summed E-state index contributed by atoms with van der Waals surface area (Å²) in [6, 6.07) is 4.20. The maximum Gasteiger partial charge on any atom is 0.242 e. The Balaban J connectivity index is 3.09. The first-order valence-corrected chi connectivity index (χ1v) is 7.44. The average Bonchev–Trinajstić information content (AvgIpc) is 2.20. The maximum atomic E-state index is 12.1. The molecule has 0 N–H and O–H groups in total. The highest BCUT2D eigenvalue weighted by Gasteiger charge is 2.22. The number of rotatable bonds is 4. The van der Waals surface area contributed by atoms with Gasteiger partial charge in [-0.2, -0.15) is 4.31 Å². The van der Waals surface area contributed by atoms with Crippen LogP contribution in [-0.2, 0) is 10.0 Å². The van der Waals surface area contributed by atoms with Crippen molar-refractivity contribution in [2.45, 2.75) is 17.2 Å². The third-order valence-corrected chi connectivity index (χ3v) is 4.80. The molecule has 0 saturated heterocycles. The molecule has 0 radical (unpaired) electrons. The molecule has 0 heterocycles. The first kappa shape index (κ1) is 15.1. The van der Waals surface area contributed by atoms with Gasteiger partial charge in [-0.3, -0.25) is 0 Å². The Morgan fingerprint density at radius 1 is 1.29 bits per heavy atom. The Morgan fingerprint density at radius 2 is 1.88 bits per heavy atom. The third-order valence-electron chi connectivity index (χ3n) is 2.11. The Hall–Kier alpha value is -0.000000000000000111. The van der Waals surface area contributed by atoms with Crippen LogP contribution in [-0.4, -0.2) is 31.7 Å². The molecule has 1 aromatic carbocycles. The molecule has 0 aromatic heterocycles. The van der Waals surface area contributed by atoms with Crippen LogP contribution in [0, 0.1) is 0 Å². The van der Waals surface area contributed by atoms with Crippen molar-refractivity contribution in [1.29, 1.82) is 0 Å². The van der Waals surface area contributed by atoms with Gasteiger partial charge < -0.3 is 0 Å². The Bertz CT molecular complexity index is 502. The number of alkyl halides is 1. The topological polar surface area (TPSA) is 37.4 Å². The lowest BCUT2D eigenvalue weighted by atomic mass is 10.4. The van der Waals surface area contributed by atoms with Crippen LogP contribution in [0.15, 0.2) is 23.1 Å². The third kappa shape index (κ3) is 3.73. The van der Waals surface area contributed by atoms with E-state index in [1.807, 2.05) is 0 Å². The van der Waals surface area contributed by atoms with Gasteiger partial charge in [0.15, 0.2) is 0 Å². The van der Waals surface area contributed by atoms with Gasteiger partial charge in [0, 0.05) is 19.0 Å². The van der Waals surface area contributed by atoms with Gasteiger partial charge in [-0.25, -0.2) is 8.42 Å². The van der Waals surface area contributed by atoms with E-state index in [0.717, 1.165) is 0 Å². The number of nitrogens with zero attached hydrogens (tertiary/aromatic N) is 1. The Labute approximate surface area is 116 Å². The first-order chi connectivity index (χ1) is 7.75. The van der Waals surface area contributed by atoms with Crippen LogP contribution in [0.4, 0.5) is 0 Å². The van der Waals surface area contributed by atoms with E-state index in [4.69, 9.17) is 34.8 Å². The first-order valence-electron chi connectivity index (χ1n) is 4.80. The predicted molar refractivity (Wildman–Crippen MR) is 71.6 cm³/mol. The molecule has 0 saturated carbocycles. The molecular formula is C10H12Cl3NO2S. The molecular weight excluding hydrogens is 305 g/mol. The highest BCUT2D eigenvalue weighted by atomic mass is 35.5. The molecule has 7 heteroatoms. The van der Waals surface area contributed by atoms with Gasteiger partial charge in [-0.05, 0) is 25.1 Å². The minimum Gasteiger partial charge on any atom is -0.207 e. The van der Waals surface area contributed by atoms with Crippen molar-refractivity contribution in [2.24, 2.45) is 0 Å². The van der Waals surface area contributed by atoms with Gasteiger partial charge in [0.05, 0.1) is 14.9 Å². The van der Waals surface area contributed by atoms with Gasteiger partial charge >= 0.3 is 0 Å². The minimum atomic E-state index is -3.57. The zero-order valence-corrected chi connectivity index (χ0v) is 12.4. The lowest BCUT2D eigenvalue weighted by Crippen LogP contribution is -2.31. The van der Waals surface area contributed by atoms with E-state index >= 15 is 0 Å².